The number of hydrogen-bond donors (Lipinski definition) is 1. The van der Waals surface area contributed by atoms with Crippen molar-refractivity contribution in [2.24, 2.45) is 0 Å². The van der Waals surface area contributed by atoms with E-state index in [-0.39, 0.29) is 0 Å². The summed E-state index contributed by atoms with van der Waals surface area (Å²) in [6, 6.07) is 14.1. The van der Waals surface area contributed by atoms with E-state index in [0.717, 1.165) is 12.3 Å². The van der Waals surface area contributed by atoms with Gasteiger partial charge in [0.15, 0.2) is 0 Å². The molecule has 1 fully saturated rings. The molecule has 0 heterocycles. The first kappa shape index (κ1) is 14.1. The van der Waals surface area contributed by atoms with Gasteiger partial charge in [0.05, 0.1) is 12.5 Å². The first-order valence-corrected chi connectivity index (χ1v) is 7.51. The Morgan fingerprint density at radius 2 is 1.89 bits per heavy atom. The Labute approximate surface area is 116 Å². The SMILES string of the molecule is CCC(CC#N)NC1CCC(c2ccccc2)CC1. The predicted octanol–water partition coefficient (Wildman–Crippen LogP) is 3.99. The molecular formula is C17H24N2. The Hall–Kier alpha value is -1.33. The first-order chi connectivity index (χ1) is 9.33. The van der Waals surface area contributed by atoms with Crippen molar-refractivity contribution in [3.05, 3.63) is 35.9 Å². The van der Waals surface area contributed by atoms with Crippen molar-refractivity contribution in [1.29, 1.82) is 5.26 Å². The van der Waals surface area contributed by atoms with Gasteiger partial charge in [-0.25, -0.2) is 0 Å². The fourth-order valence-corrected chi connectivity index (χ4v) is 3.08. The molecule has 19 heavy (non-hydrogen) atoms. The van der Waals surface area contributed by atoms with Gasteiger partial charge in [0, 0.05) is 12.1 Å². The molecule has 1 saturated carbocycles. The second-order valence-corrected chi connectivity index (χ2v) is 5.59. The van der Waals surface area contributed by atoms with Crippen LogP contribution in [-0.4, -0.2) is 12.1 Å². The molecular weight excluding hydrogens is 232 g/mol. The number of nitrogens with one attached hydrogen (secondary N) is 1. The van der Waals surface area contributed by atoms with E-state index in [9.17, 15) is 0 Å². The minimum atomic E-state index is 0.378. The quantitative estimate of drug-likeness (QED) is 0.864. The molecule has 0 amide bonds. The molecule has 0 spiro atoms. The largest absolute Gasteiger partial charge is 0.310 e. The normalized spacial score (nSPS) is 24.6. The zero-order valence-corrected chi connectivity index (χ0v) is 11.8. The second kappa shape index (κ2) is 7.31. The summed E-state index contributed by atoms with van der Waals surface area (Å²) in [6.45, 7) is 2.16. The Balaban J connectivity index is 1.81. The van der Waals surface area contributed by atoms with Crippen LogP contribution in [0.5, 0.6) is 0 Å². The van der Waals surface area contributed by atoms with Crippen LogP contribution >= 0.6 is 0 Å². The van der Waals surface area contributed by atoms with Gasteiger partial charge in [-0.3, -0.25) is 0 Å². The maximum Gasteiger partial charge on any atom is 0.0638 e. The van der Waals surface area contributed by atoms with Gasteiger partial charge in [-0.05, 0) is 43.6 Å². The van der Waals surface area contributed by atoms with Gasteiger partial charge in [-0.15, -0.1) is 0 Å². The van der Waals surface area contributed by atoms with Crippen LogP contribution in [0.1, 0.15) is 56.9 Å². The van der Waals surface area contributed by atoms with E-state index in [1.165, 1.54) is 31.2 Å². The third-order valence-corrected chi connectivity index (χ3v) is 4.30. The zero-order chi connectivity index (χ0) is 13.5. The van der Waals surface area contributed by atoms with Crippen LogP contribution in [0.15, 0.2) is 30.3 Å². The molecule has 102 valence electrons. The number of rotatable bonds is 5. The highest BCUT2D eigenvalue weighted by Gasteiger charge is 2.23. The second-order valence-electron chi connectivity index (χ2n) is 5.59. The average molecular weight is 256 g/mol. The Kier molecular flexibility index (Phi) is 5.42. The highest BCUT2D eigenvalue weighted by Crippen LogP contribution is 2.32. The van der Waals surface area contributed by atoms with E-state index in [4.69, 9.17) is 5.26 Å². The van der Waals surface area contributed by atoms with Crippen LogP contribution in [0.25, 0.3) is 0 Å². The topological polar surface area (TPSA) is 35.8 Å². The standard InChI is InChI=1S/C17H24N2/c1-2-16(12-13-18)19-17-10-8-15(9-11-17)14-6-4-3-5-7-14/h3-7,15-17,19H,2,8-12H2,1H3. The maximum absolute atomic E-state index is 8.80. The third-order valence-electron chi connectivity index (χ3n) is 4.30. The molecule has 1 N–H and O–H groups in total. The molecule has 1 aliphatic carbocycles. The van der Waals surface area contributed by atoms with Gasteiger partial charge in [-0.1, -0.05) is 37.3 Å². The summed E-state index contributed by atoms with van der Waals surface area (Å²) in [5.41, 5.74) is 1.49. The summed E-state index contributed by atoms with van der Waals surface area (Å²) in [4.78, 5) is 0. The zero-order valence-electron chi connectivity index (χ0n) is 11.8. The smallest absolute Gasteiger partial charge is 0.0638 e. The lowest BCUT2D eigenvalue weighted by molar-refractivity contribution is 0.311. The minimum Gasteiger partial charge on any atom is -0.310 e. The maximum atomic E-state index is 8.80. The molecule has 1 atom stereocenters. The van der Waals surface area contributed by atoms with Gasteiger partial charge >= 0.3 is 0 Å². The molecule has 1 aromatic rings. The minimum absolute atomic E-state index is 0.378. The lowest BCUT2D eigenvalue weighted by atomic mass is 9.81. The molecule has 2 rings (SSSR count). The molecule has 1 unspecified atom stereocenters. The van der Waals surface area contributed by atoms with Crippen molar-refractivity contribution in [1.82, 2.24) is 5.32 Å². The molecule has 0 aliphatic heterocycles. The third kappa shape index (κ3) is 4.08. The van der Waals surface area contributed by atoms with E-state index in [1.807, 2.05) is 0 Å². The Morgan fingerprint density at radius 1 is 1.21 bits per heavy atom. The molecule has 0 saturated heterocycles. The van der Waals surface area contributed by atoms with Crippen molar-refractivity contribution in [2.75, 3.05) is 0 Å². The van der Waals surface area contributed by atoms with Gasteiger partial charge in [0.2, 0.25) is 0 Å². The molecule has 0 aromatic heterocycles. The molecule has 0 radical (unpaired) electrons. The van der Waals surface area contributed by atoms with Crippen LogP contribution in [0, 0.1) is 11.3 Å². The fourth-order valence-electron chi connectivity index (χ4n) is 3.08. The lowest BCUT2D eigenvalue weighted by Crippen LogP contribution is -2.39. The van der Waals surface area contributed by atoms with E-state index < -0.39 is 0 Å². The highest BCUT2D eigenvalue weighted by atomic mass is 14.9. The lowest BCUT2D eigenvalue weighted by Gasteiger charge is -2.31. The number of hydrogen-bond acceptors (Lipinski definition) is 2. The van der Waals surface area contributed by atoms with E-state index >= 15 is 0 Å². The van der Waals surface area contributed by atoms with Gasteiger partial charge < -0.3 is 5.32 Å². The molecule has 2 heteroatoms. The number of benzene rings is 1. The molecule has 2 nitrogen and oxygen atoms in total. The molecule has 1 aromatic carbocycles. The number of nitrogens with zero attached hydrogens (tertiary/aromatic N) is 1. The van der Waals surface area contributed by atoms with Gasteiger partial charge in [0.25, 0.3) is 0 Å². The predicted molar refractivity (Wildman–Crippen MR) is 78.9 cm³/mol. The average Bonchev–Trinajstić information content (AvgIpc) is 2.48. The van der Waals surface area contributed by atoms with E-state index in [0.29, 0.717) is 18.5 Å². The summed E-state index contributed by atoms with van der Waals surface area (Å²) >= 11 is 0. The van der Waals surface area contributed by atoms with E-state index in [2.05, 4.69) is 48.6 Å². The summed E-state index contributed by atoms with van der Waals surface area (Å²) in [5, 5.41) is 12.5. The monoisotopic (exact) mass is 256 g/mol. The van der Waals surface area contributed by atoms with Crippen molar-refractivity contribution in [3.63, 3.8) is 0 Å². The summed E-state index contributed by atoms with van der Waals surface area (Å²) in [5.74, 6) is 0.732. The van der Waals surface area contributed by atoms with Crippen molar-refractivity contribution < 1.29 is 0 Å². The van der Waals surface area contributed by atoms with Gasteiger partial charge in [0.1, 0.15) is 0 Å². The van der Waals surface area contributed by atoms with Gasteiger partial charge in [-0.2, -0.15) is 5.26 Å². The summed E-state index contributed by atoms with van der Waals surface area (Å²) in [7, 11) is 0. The highest BCUT2D eigenvalue weighted by molar-refractivity contribution is 5.20. The summed E-state index contributed by atoms with van der Waals surface area (Å²) in [6.07, 6.45) is 6.69. The van der Waals surface area contributed by atoms with Crippen molar-refractivity contribution >= 4 is 0 Å². The van der Waals surface area contributed by atoms with Crippen molar-refractivity contribution in [2.45, 2.75) is 63.5 Å². The van der Waals surface area contributed by atoms with Crippen LogP contribution in [0.2, 0.25) is 0 Å². The van der Waals surface area contributed by atoms with Crippen LogP contribution in [-0.2, 0) is 0 Å². The summed E-state index contributed by atoms with van der Waals surface area (Å²) < 4.78 is 0. The fraction of sp³-hybridized carbons (Fsp3) is 0.588. The van der Waals surface area contributed by atoms with Crippen molar-refractivity contribution in [3.8, 4) is 6.07 Å². The Bertz CT molecular complexity index is 399. The van der Waals surface area contributed by atoms with Crippen LogP contribution in [0.4, 0.5) is 0 Å². The van der Waals surface area contributed by atoms with E-state index in [1.54, 1.807) is 0 Å². The van der Waals surface area contributed by atoms with Crippen LogP contribution < -0.4 is 5.32 Å². The number of nitriles is 1. The van der Waals surface area contributed by atoms with Crippen LogP contribution in [0.3, 0.4) is 0 Å². The molecule has 1 aliphatic rings. The first-order valence-electron chi connectivity index (χ1n) is 7.51. The molecule has 0 bridgehead atoms. The Morgan fingerprint density at radius 3 is 2.47 bits per heavy atom.